The fourth-order valence-corrected chi connectivity index (χ4v) is 2.19. The van der Waals surface area contributed by atoms with Crippen molar-refractivity contribution in [3.63, 3.8) is 0 Å². The molecule has 84 valence electrons. The van der Waals surface area contributed by atoms with Crippen LogP contribution in [0.5, 0.6) is 0 Å². The molecule has 1 unspecified atom stereocenters. The number of rotatable bonds is 7. The molecule has 1 atom stereocenters. The number of aliphatic hydroxyl groups excluding tert-OH is 2. The van der Waals surface area contributed by atoms with Crippen molar-refractivity contribution >= 4 is 11.8 Å². The first kappa shape index (κ1) is 12.6. The molecule has 0 radical (unpaired) electrons. The number of thioether (sulfide) groups is 1. The molecule has 0 aliphatic rings. The van der Waals surface area contributed by atoms with E-state index in [2.05, 4.69) is 0 Å². The second kappa shape index (κ2) is 7.74. The summed E-state index contributed by atoms with van der Waals surface area (Å²) in [5.41, 5.74) is 0. The maximum absolute atomic E-state index is 9.63. The van der Waals surface area contributed by atoms with E-state index in [1.54, 1.807) is 11.8 Å². The quantitative estimate of drug-likeness (QED) is 0.553. The molecule has 0 saturated heterocycles. The summed E-state index contributed by atoms with van der Waals surface area (Å²) < 4.78 is 0. The third-order valence-corrected chi connectivity index (χ3v) is 3.29. The Morgan fingerprint density at radius 3 is 2.53 bits per heavy atom. The Labute approximate surface area is 95.3 Å². The average molecular weight is 226 g/mol. The molecule has 15 heavy (non-hydrogen) atoms. The molecule has 0 fully saturated rings. The van der Waals surface area contributed by atoms with Crippen LogP contribution in [0.15, 0.2) is 35.2 Å². The van der Waals surface area contributed by atoms with Gasteiger partial charge in [0, 0.05) is 17.3 Å². The van der Waals surface area contributed by atoms with Gasteiger partial charge in [0.05, 0.1) is 6.10 Å². The minimum atomic E-state index is -0.262. The van der Waals surface area contributed by atoms with Gasteiger partial charge in [0.15, 0.2) is 0 Å². The minimum Gasteiger partial charge on any atom is -0.396 e. The Morgan fingerprint density at radius 1 is 1.13 bits per heavy atom. The van der Waals surface area contributed by atoms with Crippen LogP contribution in [0.4, 0.5) is 0 Å². The van der Waals surface area contributed by atoms with Crippen molar-refractivity contribution in [1.29, 1.82) is 0 Å². The standard InChI is InChI=1S/C12H18O2S/c13-9-5-4-6-11(14)10-15-12-7-2-1-3-8-12/h1-3,7-8,11,13-14H,4-6,9-10H2. The summed E-state index contributed by atoms with van der Waals surface area (Å²) in [6, 6.07) is 10.1. The maximum atomic E-state index is 9.63. The molecular formula is C12H18O2S. The predicted molar refractivity (Wildman–Crippen MR) is 64.1 cm³/mol. The number of benzene rings is 1. The van der Waals surface area contributed by atoms with Gasteiger partial charge in [-0.2, -0.15) is 0 Å². The van der Waals surface area contributed by atoms with Crippen molar-refractivity contribution in [2.24, 2.45) is 0 Å². The maximum Gasteiger partial charge on any atom is 0.0634 e. The topological polar surface area (TPSA) is 40.5 Å². The largest absolute Gasteiger partial charge is 0.396 e. The van der Waals surface area contributed by atoms with Crippen molar-refractivity contribution in [2.45, 2.75) is 30.3 Å². The Hall–Kier alpha value is -0.510. The molecule has 0 heterocycles. The van der Waals surface area contributed by atoms with Gasteiger partial charge in [-0.15, -0.1) is 11.8 Å². The van der Waals surface area contributed by atoms with Crippen molar-refractivity contribution in [2.75, 3.05) is 12.4 Å². The van der Waals surface area contributed by atoms with Gasteiger partial charge in [-0.25, -0.2) is 0 Å². The van der Waals surface area contributed by atoms with Crippen LogP contribution in [0.3, 0.4) is 0 Å². The van der Waals surface area contributed by atoms with Gasteiger partial charge >= 0.3 is 0 Å². The molecule has 2 nitrogen and oxygen atoms in total. The third-order valence-electron chi connectivity index (χ3n) is 2.13. The van der Waals surface area contributed by atoms with E-state index in [9.17, 15) is 5.11 Å². The highest BCUT2D eigenvalue weighted by atomic mass is 32.2. The molecule has 1 aromatic rings. The van der Waals surface area contributed by atoms with Gasteiger partial charge in [0.1, 0.15) is 0 Å². The van der Waals surface area contributed by atoms with Crippen LogP contribution in [0.1, 0.15) is 19.3 Å². The molecule has 0 amide bonds. The van der Waals surface area contributed by atoms with Gasteiger partial charge in [0.2, 0.25) is 0 Å². The van der Waals surface area contributed by atoms with Crippen molar-refractivity contribution in [3.8, 4) is 0 Å². The molecule has 0 aliphatic heterocycles. The summed E-state index contributed by atoms with van der Waals surface area (Å²) in [5, 5.41) is 18.2. The fourth-order valence-electron chi connectivity index (χ4n) is 1.28. The fraction of sp³-hybridized carbons (Fsp3) is 0.500. The second-order valence-electron chi connectivity index (χ2n) is 3.50. The van der Waals surface area contributed by atoms with Gasteiger partial charge < -0.3 is 10.2 Å². The minimum absolute atomic E-state index is 0.221. The van der Waals surface area contributed by atoms with E-state index in [1.807, 2.05) is 30.3 Å². The zero-order chi connectivity index (χ0) is 10.9. The van der Waals surface area contributed by atoms with Crippen LogP contribution in [-0.2, 0) is 0 Å². The van der Waals surface area contributed by atoms with Crippen molar-refractivity contribution in [3.05, 3.63) is 30.3 Å². The summed E-state index contributed by atoms with van der Waals surface area (Å²) in [6.45, 7) is 0.221. The predicted octanol–water partition coefficient (Wildman–Crippen LogP) is 2.30. The summed E-state index contributed by atoms with van der Waals surface area (Å²) in [6.07, 6.45) is 2.20. The Kier molecular flexibility index (Phi) is 6.48. The highest BCUT2D eigenvalue weighted by Crippen LogP contribution is 2.19. The monoisotopic (exact) mass is 226 g/mol. The number of unbranched alkanes of at least 4 members (excludes halogenated alkanes) is 1. The van der Waals surface area contributed by atoms with Gasteiger partial charge in [-0.05, 0) is 31.4 Å². The molecule has 2 N–H and O–H groups in total. The van der Waals surface area contributed by atoms with E-state index in [1.165, 1.54) is 4.90 Å². The smallest absolute Gasteiger partial charge is 0.0634 e. The third kappa shape index (κ3) is 5.82. The van der Waals surface area contributed by atoms with Crippen LogP contribution in [-0.4, -0.2) is 28.7 Å². The lowest BCUT2D eigenvalue weighted by Crippen LogP contribution is -2.09. The van der Waals surface area contributed by atoms with Crippen LogP contribution in [0.2, 0.25) is 0 Å². The number of hydrogen-bond acceptors (Lipinski definition) is 3. The zero-order valence-corrected chi connectivity index (χ0v) is 9.62. The van der Waals surface area contributed by atoms with E-state index < -0.39 is 0 Å². The SMILES string of the molecule is OCCCCC(O)CSc1ccccc1. The molecule has 0 bridgehead atoms. The van der Waals surface area contributed by atoms with Crippen molar-refractivity contribution < 1.29 is 10.2 Å². The molecule has 1 aromatic carbocycles. The van der Waals surface area contributed by atoms with E-state index in [0.717, 1.165) is 25.0 Å². The van der Waals surface area contributed by atoms with Gasteiger partial charge in [-0.1, -0.05) is 18.2 Å². The summed E-state index contributed by atoms with van der Waals surface area (Å²) in [4.78, 5) is 1.19. The molecule has 1 rings (SSSR count). The second-order valence-corrected chi connectivity index (χ2v) is 4.59. The first-order valence-electron chi connectivity index (χ1n) is 5.29. The van der Waals surface area contributed by atoms with E-state index in [-0.39, 0.29) is 12.7 Å². The lowest BCUT2D eigenvalue weighted by Gasteiger charge is -2.09. The highest BCUT2D eigenvalue weighted by Gasteiger charge is 2.04. The first-order valence-corrected chi connectivity index (χ1v) is 6.28. The Balaban J connectivity index is 2.14. The average Bonchev–Trinajstić information content (AvgIpc) is 2.28. The highest BCUT2D eigenvalue weighted by molar-refractivity contribution is 7.99. The van der Waals surface area contributed by atoms with Crippen LogP contribution in [0.25, 0.3) is 0 Å². The van der Waals surface area contributed by atoms with E-state index in [0.29, 0.717) is 0 Å². The summed E-state index contributed by atoms with van der Waals surface area (Å²) in [7, 11) is 0. The summed E-state index contributed by atoms with van der Waals surface area (Å²) >= 11 is 1.67. The number of aliphatic hydroxyl groups is 2. The molecule has 3 heteroatoms. The van der Waals surface area contributed by atoms with Gasteiger partial charge in [0.25, 0.3) is 0 Å². The lowest BCUT2D eigenvalue weighted by molar-refractivity contribution is 0.180. The Morgan fingerprint density at radius 2 is 1.87 bits per heavy atom. The first-order chi connectivity index (χ1) is 7.33. The molecular weight excluding hydrogens is 208 g/mol. The van der Waals surface area contributed by atoms with E-state index in [4.69, 9.17) is 5.11 Å². The summed E-state index contributed by atoms with van der Waals surface area (Å²) in [5.74, 6) is 0.732. The normalized spacial score (nSPS) is 12.7. The molecule has 0 saturated carbocycles. The van der Waals surface area contributed by atoms with Gasteiger partial charge in [-0.3, -0.25) is 0 Å². The lowest BCUT2D eigenvalue weighted by atomic mass is 10.2. The Bertz CT molecular complexity index is 251. The van der Waals surface area contributed by atoms with E-state index >= 15 is 0 Å². The van der Waals surface area contributed by atoms with Crippen LogP contribution in [0, 0.1) is 0 Å². The van der Waals surface area contributed by atoms with Crippen LogP contribution >= 0.6 is 11.8 Å². The molecule has 0 spiro atoms. The van der Waals surface area contributed by atoms with Crippen molar-refractivity contribution in [1.82, 2.24) is 0 Å². The molecule has 0 aliphatic carbocycles. The molecule has 0 aromatic heterocycles. The number of hydrogen-bond donors (Lipinski definition) is 2. The van der Waals surface area contributed by atoms with Crippen LogP contribution < -0.4 is 0 Å². The zero-order valence-electron chi connectivity index (χ0n) is 8.80.